The molecule has 35 heavy (non-hydrogen) atoms. The Morgan fingerprint density at radius 3 is 2.74 bits per heavy atom. The number of nitrogens with one attached hydrogen (secondary N) is 2. The molecule has 4 aromatic heterocycles. The van der Waals surface area contributed by atoms with Crippen LogP contribution in [0.3, 0.4) is 0 Å². The first-order valence-corrected chi connectivity index (χ1v) is 12.7. The van der Waals surface area contributed by atoms with Gasteiger partial charge in [0.1, 0.15) is 5.69 Å². The van der Waals surface area contributed by atoms with Gasteiger partial charge in [0, 0.05) is 30.4 Å². The van der Waals surface area contributed by atoms with Gasteiger partial charge in [-0.05, 0) is 43.8 Å². The van der Waals surface area contributed by atoms with Crippen LogP contribution in [0.1, 0.15) is 35.3 Å². The largest absolute Gasteiger partial charge is 0.477 e. The number of rotatable bonds is 9. The maximum atomic E-state index is 12.5. The first-order valence-electron chi connectivity index (χ1n) is 11.0. The Labute approximate surface area is 210 Å². The number of anilines is 1. The topological polar surface area (TPSA) is 133 Å². The molecular formula is C22H25N9O2S2. The van der Waals surface area contributed by atoms with Gasteiger partial charge in [-0.2, -0.15) is 15.0 Å². The van der Waals surface area contributed by atoms with E-state index >= 15 is 0 Å². The smallest absolute Gasteiger partial charge is 0.280 e. The Morgan fingerprint density at radius 2 is 2.03 bits per heavy atom. The van der Waals surface area contributed by atoms with E-state index in [0.29, 0.717) is 35.0 Å². The van der Waals surface area contributed by atoms with Crippen molar-refractivity contribution in [2.75, 3.05) is 11.3 Å². The van der Waals surface area contributed by atoms with Crippen LogP contribution >= 0.6 is 23.3 Å². The van der Waals surface area contributed by atoms with Crippen molar-refractivity contribution in [1.29, 1.82) is 0 Å². The molecule has 1 saturated carbocycles. The minimum Gasteiger partial charge on any atom is -0.477 e. The van der Waals surface area contributed by atoms with Crippen LogP contribution in [-0.2, 0) is 13.6 Å². The Kier molecular flexibility index (Phi) is 8.57. The average Bonchev–Trinajstić information content (AvgIpc) is 3.34. The lowest BCUT2D eigenvalue weighted by Gasteiger charge is -2.07. The quantitative estimate of drug-likeness (QED) is 0.322. The minimum atomic E-state index is -0.248. The van der Waals surface area contributed by atoms with Crippen molar-refractivity contribution in [2.45, 2.75) is 31.6 Å². The van der Waals surface area contributed by atoms with Gasteiger partial charge in [-0.1, -0.05) is 0 Å². The lowest BCUT2D eigenvalue weighted by molar-refractivity contribution is 0.0950. The van der Waals surface area contributed by atoms with Crippen molar-refractivity contribution >= 4 is 34.9 Å². The highest BCUT2D eigenvalue weighted by Gasteiger charge is 2.22. The minimum absolute atomic E-state index is 0.248. The molecule has 4 heterocycles. The summed E-state index contributed by atoms with van der Waals surface area (Å²) >= 11 is 3.00. The number of aryl methyl sites for hydroxylation is 1. The van der Waals surface area contributed by atoms with E-state index in [1.807, 2.05) is 19.1 Å². The van der Waals surface area contributed by atoms with Crippen LogP contribution in [0, 0.1) is 0 Å². The Balaban J connectivity index is 0.000000421. The van der Waals surface area contributed by atoms with Gasteiger partial charge >= 0.3 is 0 Å². The number of hydrogen-bond acceptors (Lipinski definition) is 11. The molecule has 11 nitrogen and oxygen atoms in total. The molecule has 2 N–H and O–H groups in total. The maximum absolute atomic E-state index is 12.5. The SMILES string of the molecule is CCOc1cncc(-c2cnc(C(=O)NCc3cc(NSC4CC4)ccn3)s2)n1.Cn1nccn1. The van der Waals surface area contributed by atoms with Gasteiger partial charge in [0.05, 0.1) is 48.5 Å². The highest BCUT2D eigenvalue weighted by atomic mass is 32.2. The summed E-state index contributed by atoms with van der Waals surface area (Å²) in [6.45, 7) is 2.73. The third kappa shape index (κ3) is 7.72. The van der Waals surface area contributed by atoms with Gasteiger partial charge in [-0.15, -0.1) is 11.3 Å². The summed E-state index contributed by atoms with van der Waals surface area (Å²) in [4.78, 5) is 31.8. The lowest BCUT2D eigenvalue weighted by atomic mass is 10.3. The second-order valence-electron chi connectivity index (χ2n) is 7.36. The van der Waals surface area contributed by atoms with E-state index in [2.05, 4.69) is 40.2 Å². The molecule has 0 radical (unpaired) electrons. The number of nitrogens with zero attached hydrogens (tertiary/aromatic N) is 7. The zero-order valence-electron chi connectivity index (χ0n) is 19.3. The van der Waals surface area contributed by atoms with Crippen molar-refractivity contribution in [1.82, 2.24) is 40.2 Å². The van der Waals surface area contributed by atoms with E-state index in [1.54, 1.807) is 56.2 Å². The maximum Gasteiger partial charge on any atom is 0.280 e. The molecule has 1 aliphatic carbocycles. The van der Waals surface area contributed by atoms with Crippen LogP contribution in [0.2, 0.25) is 0 Å². The third-order valence-corrected chi connectivity index (χ3v) is 6.68. The summed E-state index contributed by atoms with van der Waals surface area (Å²) in [5.41, 5.74) is 2.40. The summed E-state index contributed by atoms with van der Waals surface area (Å²) in [5.74, 6) is 0.200. The monoisotopic (exact) mass is 511 g/mol. The van der Waals surface area contributed by atoms with E-state index in [9.17, 15) is 4.79 Å². The van der Waals surface area contributed by atoms with Crippen molar-refractivity contribution in [2.24, 2.45) is 7.05 Å². The van der Waals surface area contributed by atoms with Gasteiger partial charge in [0.15, 0.2) is 5.01 Å². The fourth-order valence-electron chi connectivity index (χ4n) is 2.69. The summed E-state index contributed by atoms with van der Waals surface area (Å²) in [6, 6.07) is 3.86. The van der Waals surface area contributed by atoms with Crippen LogP contribution < -0.4 is 14.8 Å². The normalized spacial score (nSPS) is 12.4. The summed E-state index contributed by atoms with van der Waals surface area (Å²) < 4.78 is 8.70. The highest BCUT2D eigenvalue weighted by molar-refractivity contribution is 8.01. The molecule has 0 aliphatic heterocycles. The second kappa shape index (κ2) is 12.2. The molecule has 1 fully saturated rings. The zero-order chi connectivity index (χ0) is 24.5. The molecule has 1 amide bonds. The first kappa shape index (κ1) is 24.5. The Hall–Kier alpha value is -3.58. The molecule has 0 aromatic carbocycles. The van der Waals surface area contributed by atoms with E-state index in [0.717, 1.165) is 16.3 Å². The molecule has 0 unspecified atom stereocenters. The summed E-state index contributed by atoms with van der Waals surface area (Å²) in [7, 11) is 1.78. The zero-order valence-corrected chi connectivity index (χ0v) is 20.9. The van der Waals surface area contributed by atoms with Crippen molar-refractivity contribution in [3.63, 3.8) is 0 Å². The van der Waals surface area contributed by atoms with E-state index < -0.39 is 0 Å². The van der Waals surface area contributed by atoms with Gasteiger partial charge in [0.25, 0.3) is 5.91 Å². The molecule has 0 atom stereocenters. The lowest BCUT2D eigenvalue weighted by Crippen LogP contribution is -2.23. The van der Waals surface area contributed by atoms with E-state index in [4.69, 9.17) is 4.74 Å². The number of carbonyl (C=O) groups excluding carboxylic acids is 1. The molecule has 13 heteroatoms. The Morgan fingerprint density at radius 1 is 1.20 bits per heavy atom. The molecule has 0 spiro atoms. The highest BCUT2D eigenvalue weighted by Crippen LogP contribution is 2.34. The predicted molar refractivity (Wildman–Crippen MR) is 135 cm³/mol. The number of hydrogen-bond donors (Lipinski definition) is 2. The van der Waals surface area contributed by atoms with Crippen LogP contribution in [0.25, 0.3) is 10.6 Å². The summed E-state index contributed by atoms with van der Waals surface area (Å²) in [5, 5.41) is 11.4. The molecule has 1 aliphatic rings. The number of ether oxygens (including phenoxy) is 1. The second-order valence-corrected chi connectivity index (χ2v) is 9.50. The molecule has 182 valence electrons. The van der Waals surface area contributed by atoms with Gasteiger partial charge in [-0.25, -0.2) is 9.97 Å². The fourth-order valence-corrected chi connectivity index (χ4v) is 4.27. The number of pyridine rings is 1. The predicted octanol–water partition coefficient (Wildman–Crippen LogP) is 3.36. The summed E-state index contributed by atoms with van der Waals surface area (Å²) in [6.07, 6.45) is 12.4. The number of aromatic nitrogens is 7. The molecular weight excluding hydrogens is 486 g/mol. The molecule has 5 rings (SSSR count). The van der Waals surface area contributed by atoms with E-state index in [1.165, 1.54) is 29.0 Å². The third-order valence-electron chi connectivity index (χ3n) is 4.51. The first-order chi connectivity index (χ1) is 17.1. The molecule has 4 aromatic rings. The van der Waals surface area contributed by atoms with Gasteiger partial charge in [0.2, 0.25) is 5.88 Å². The average molecular weight is 512 g/mol. The Bertz CT molecular complexity index is 1230. The van der Waals surface area contributed by atoms with Crippen LogP contribution in [0.15, 0.2) is 49.3 Å². The molecule has 0 bridgehead atoms. The van der Waals surface area contributed by atoms with Crippen LogP contribution in [0.4, 0.5) is 5.69 Å². The van der Waals surface area contributed by atoms with Crippen molar-refractivity contribution < 1.29 is 9.53 Å². The van der Waals surface area contributed by atoms with E-state index in [-0.39, 0.29) is 5.91 Å². The van der Waals surface area contributed by atoms with Crippen molar-refractivity contribution in [3.8, 4) is 16.5 Å². The van der Waals surface area contributed by atoms with Gasteiger partial charge in [-0.3, -0.25) is 14.8 Å². The number of thiazole rings is 1. The van der Waals surface area contributed by atoms with Crippen molar-refractivity contribution in [3.05, 3.63) is 60.0 Å². The van der Waals surface area contributed by atoms with Gasteiger partial charge < -0.3 is 14.8 Å². The fraction of sp³-hybridized carbons (Fsp3) is 0.318. The number of carbonyl (C=O) groups is 1. The molecule has 0 saturated heterocycles. The number of amides is 1. The van der Waals surface area contributed by atoms with Crippen LogP contribution in [0.5, 0.6) is 5.88 Å². The standard InChI is InChI=1S/C19H20N6O2S2.C3H5N3/c1-2-27-17-11-20-9-15(24-17)16-10-23-19(28-16)18(26)22-8-13-7-12(5-6-21-13)25-29-14-3-4-14;1-6-4-2-3-5-6/h5-7,9-11,14H,2-4,8H2,1H3,(H,21,25)(H,22,26);2-3H,1H3. The van der Waals surface area contributed by atoms with Crippen LogP contribution in [-0.4, -0.2) is 52.7 Å².